The Labute approximate surface area is 222 Å². The normalized spacial score (nSPS) is 15.8. The zero-order chi connectivity index (χ0) is 26.8. The fourth-order valence-corrected chi connectivity index (χ4v) is 4.76. The molecule has 11 heteroatoms. The molecule has 0 bridgehead atoms. The van der Waals surface area contributed by atoms with Crippen molar-refractivity contribution in [2.75, 3.05) is 44.0 Å². The Hall–Kier alpha value is -3.88. The van der Waals surface area contributed by atoms with Crippen LogP contribution in [-0.2, 0) is 4.79 Å². The Morgan fingerprint density at radius 1 is 1.18 bits per heavy atom. The standard InChI is InChI=1S/C27H25F2N5O3S/c1-33-9-10-34(24(35)15-33)17-6-8-19(20(11-17)21-12-22(25(28)29)30-14-23(21)37-2)26(36)32-27-31-13-18(38-27)7-5-16-3-4-16/h6,8,11-14,16,25H,3-4,9-10,15H2,1-2H3,(H,31,32,36). The van der Waals surface area contributed by atoms with E-state index in [-0.39, 0.29) is 29.3 Å². The molecule has 1 saturated carbocycles. The summed E-state index contributed by atoms with van der Waals surface area (Å²) in [7, 11) is 3.26. The number of methoxy groups -OCH3 is 1. The number of pyridine rings is 1. The molecule has 0 unspecified atom stereocenters. The molecule has 5 rings (SSSR count). The van der Waals surface area contributed by atoms with Gasteiger partial charge in [0.15, 0.2) is 5.13 Å². The van der Waals surface area contributed by atoms with Crippen LogP contribution >= 0.6 is 11.3 Å². The Bertz CT molecular complexity index is 1440. The summed E-state index contributed by atoms with van der Waals surface area (Å²) in [6.45, 7) is 1.38. The van der Waals surface area contributed by atoms with Gasteiger partial charge in [0, 0.05) is 41.4 Å². The summed E-state index contributed by atoms with van der Waals surface area (Å²) in [6.07, 6.45) is 2.22. The van der Waals surface area contributed by atoms with Crippen molar-refractivity contribution in [2.24, 2.45) is 5.92 Å². The topological polar surface area (TPSA) is 87.7 Å². The molecule has 1 N–H and O–H groups in total. The second-order valence-corrected chi connectivity index (χ2v) is 10.2. The van der Waals surface area contributed by atoms with Crippen molar-refractivity contribution >= 4 is 34.0 Å². The number of rotatable bonds is 6. The first-order chi connectivity index (χ1) is 18.3. The van der Waals surface area contributed by atoms with Gasteiger partial charge in [-0.2, -0.15) is 0 Å². The summed E-state index contributed by atoms with van der Waals surface area (Å²) in [5, 5.41) is 3.16. The van der Waals surface area contributed by atoms with Crippen LogP contribution < -0.4 is 15.0 Å². The van der Waals surface area contributed by atoms with Crippen molar-refractivity contribution in [3.8, 4) is 28.7 Å². The number of aromatic nitrogens is 2. The first-order valence-electron chi connectivity index (χ1n) is 12.1. The van der Waals surface area contributed by atoms with Crippen LogP contribution in [0, 0.1) is 17.8 Å². The highest BCUT2D eigenvalue weighted by molar-refractivity contribution is 7.16. The van der Waals surface area contributed by atoms with Crippen LogP contribution in [0.5, 0.6) is 5.75 Å². The molecule has 0 spiro atoms. The van der Waals surface area contributed by atoms with Crippen LogP contribution in [0.2, 0.25) is 0 Å². The molecular formula is C27H25F2N5O3S. The second kappa shape index (κ2) is 10.8. The number of ether oxygens (including phenoxy) is 1. The van der Waals surface area contributed by atoms with Gasteiger partial charge in [-0.15, -0.1) is 0 Å². The van der Waals surface area contributed by atoms with Gasteiger partial charge in [0.25, 0.3) is 12.3 Å². The summed E-state index contributed by atoms with van der Waals surface area (Å²) >= 11 is 1.26. The van der Waals surface area contributed by atoms with E-state index in [0.29, 0.717) is 35.4 Å². The third-order valence-corrected chi connectivity index (χ3v) is 7.12. The largest absolute Gasteiger partial charge is 0.494 e. The number of alkyl halides is 2. The van der Waals surface area contributed by atoms with E-state index in [4.69, 9.17) is 4.74 Å². The number of piperazine rings is 1. The number of halogens is 2. The lowest BCUT2D eigenvalue weighted by Crippen LogP contribution is -2.48. The maximum Gasteiger partial charge on any atom is 0.280 e. The molecule has 1 saturated heterocycles. The monoisotopic (exact) mass is 537 g/mol. The molecule has 1 aliphatic carbocycles. The minimum Gasteiger partial charge on any atom is -0.494 e. The van der Waals surface area contributed by atoms with Crippen molar-refractivity contribution in [1.82, 2.24) is 14.9 Å². The number of anilines is 2. The number of nitrogens with zero attached hydrogens (tertiary/aromatic N) is 4. The van der Waals surface area contributed by atoms with Crippen LogP contribution in [0.25, 0.3) is 11.1 Å². The molecule has 3 heterocycles. The number of carbonyl (C=O) groups is 2. The van der Waals surface area contributed by atoms with Crippen LogP contribution in [0.15, 0.2) is 36.7 Å². The molecule has 0 radical (unpaired) electrons. The Morgan fingerprint density at radius 2 is 2.00 bits per heavy atom. The third-order valence-electron chi connectivity index (χ3n) is 6.30. The molecule has 38 heavy (non-hydrogen) atoms. The van der Waals surface area contributed by atoms with Gasteiger partial charge in [-0.05, 0) is 44.2 Å². The van der Waals surface area contributed by atoms with E-state index in [1.165, 1.54) is 30.7 Å². The van der Waals surface area contributed by atoms with Gasteiger partial charge in [-0.25, -0.2) is 13.8 Å². The van der Waals surface area contributed by atoms with Gasteiger partial charge < -0.3 is 9.64 Å². The van der Waals surface area contributed by atoms with Crippen LogP contribution in [0.1, 0.15) is 40.2 Å². The number of benzene rings is 1. The number of thiazole rings is 1. The molecule has 1 aliphatic heterocycles. The highest BCUT2D eigenvalue weighted by atomic mass is 32.1. The molecule has 2 amide bonds. The lowest BCUT2D eigenvalue weighted by Gasteiger charge is -2.32. The van der Waals surface area contributed by atoms with E-state index in [0.717, 1.165) is 17.7 Å². The molecular weight excluding hydrogens is 512 g/mol. The molecule has 1 aromatic carbocycles. The van der Waals surface area contributed by atoms with Gasteiger partial charge in [-0.1, -0.05) is 23.2 Å². The number of hydrogen-bond acceptors (Lipinski definition) is 7. The number of nitrogens with one attached hydrogen (secondary N) is 1. The van der Waals surface area contributed by atoms with Crippen LogP contribution in [0.4, 0.5) is 19.6 Å². The SMILES string of the molecule is COc1cnc(C(F)F)cc1-c1cc(N2CCN(C)CC2=O)ccc1C(=O)Nc1ncc(C#CC2CC2)s1. The highest BCUT2D eigenvalue weighted by Crippen LogP contribution is 2.37. The Balaban J connectivity index is 1.53. The van der Waals surface area contributed by atoms with E-state index >= 15 is 0 Å². The molecule has 2 aromatic heterocycles. The van der Waals surface area contributed by atoms with Gasteiger partial charge in [0.1, 0.15) is 11.4 Å². The molecule has 2 aliphatic rings. The van der Waals surface area contributed by atoms with Crippen molar-refractivity contribution in [1.29, 1.82) is 0 Å². The predicted octanol–water partition coefficient (Wildman–Crippen LogP) is 4.44. The fourth-order valence-electron chi connectivity index (χ4n) is 4.09. The first kappa shape index (κ1) is 25.8. The lowest BCUT2D eigenvalue weighted by molar-refractivity contribution is -0.120. The number of amides is 2. The van der Waals surface area contributed by atoms with Crippen molar-refractivity contribution < 1.29 is 23.1 Å². The van der Waals surface area contributed by atoms with E-state index < -0.39 is 18.0 Å². The summed E-state index contributed by atoms with van der Waals surface area (Å²) in [6, 6.07) is 6.12. The quantitative estimate of drug-likeness (QED) is 0.468. The molecule has 196 valence electrons. The average molecular weight is 538 g/mol. The van der Waals surface area contributed by atoms with Gasteiger partial charge in [-0.3, -0.25) is 24.8 Å². The van der Waals surface area contributed by atoms with Crippen LogP contribution in [-0.4, -0.2) is 60.5 Å². The first-order valence-corrected chi connectivity index (χ1v) is 12.9. The fraction of sp³-hybridized carbons (Fsp3) is 0.333. The molecule has 2 fully saturated rings. The van der Waals surface area contributed by atoms with Gasteiger partial charge in [0.05, 0.1) is 30.9 Å². The zero-order valence-electron chi connectivity index (χ0n) is 20.8. The summed E-state index contributed by atoms with van der Waals surface area (Å²) < 4.78 is 32.5. The van der Waals surface area contributed by atoms with Gasteiger partial charge >= 0.3 is 0 Å². The summed E-state index contributed by atoms with van der Waals surface area (Å²) in [5.74, 6) is 6.33. The maximum absolute atomic E-state index is 13.6. The number of hydrogen-bond donors (Lipinski definition) is 1. The molecule has 3 aromatic rings. The lowest BCUT2D eigenvalue weighted by atomic mass is 9.97. The third kappa shape index (κ3) is 5.66. The smallest absolute Gasteiger partial charge is 0.280 e. The minimum absolute atomic E-state index is 0.0977. The minimum atomic E-state index is -2.81. The average Bonchev–Trinajstić information content (AvgIpc) is 3.64. The van der Waals surface area contributed by atoms with Crippen molar-refractivity contribution in [2.45, 2.75) is 19.3 Å². The molecule has 0 atom stereocenters. The van der Waals surface area contributed by atoms with Crippen molar-refractivity contribution in [3.05, 3.63) is 52.8 Å². The zero-order valence-corrected chi connectivity index (χ0v) is 21.6. The maximum atomic E-state index is 13.6. The number of carbonyl (C=O) groups excluding carboxylic acids is 2. The van der Waals surface area contributed by atoms with E-state index in [2.05, 4.69) is 27.1 Å². The van der Waals surface area contributed by atoms with E-state index in [1.807, 2.05) is 11.9 Å². The van der Waals surface area contributed by atoms with Gasteiger partial charge in [0.2, 0.25) is 5.91 Å². The van der Waals surface area contributed by atoms with Crippen molar-refractivity contribution in [3.63, 3.8) is 0 Å². The van der Waals surface area contributed by atoms with E-state index in [1.54, 1.807) is 29.3 Å². The highest BCUT2D eigenvalue weighted by Gasteiger charge is 2.26. The second-order valence-electron chi connectivity index (χ2n) is 9.15. The summed E-state index contributed by atoms with van der Waals surface area (Å²) in [4.78, 5) is 38.5. The number of likely N-dealkylation sites (N-methyl/N-ethyl adjacent to an activating group) is 1. The van der Waals surface area contributed by atoms with E-state index in [9.17, 15) is 18.4 Å². The molecule has 8 nitrogen and oxygen atoms in total. The van der Waals surface area contributed by atoms with Crippen LogP contribution in [0.3, 0.4) is 0 Å². The Kier molecular flexibility index (Phi) is 7.35. The predicted molar refractivity (Wildman–Crippen MR) is 141 cm³/mol. The summed E-state index contributed by atoms with van der Waals surface area (Å²) in [5.41, 5.74) is 0.909. The Morgan fingerprint density at radius 3 is 2.71 bits per heavy atom.